The van der Waals surface area contributed by atoms with Crippen LogP contribution in [0.5, 0.6) is 11.5 Å². The molecule has 0 saturated heterocycles. The highest BCUT2D eigenvalue weighted by Gasteiger charge is 2.11. The first-order valence-electron chi connectivity index (χ1n) is 8.69. The van der Waals surface area contributed by atoms with Gasteiger partial charge < -0.3 is 14.3 Å². The largest absolute Gasteiger partial charge is 0.496 e. The second kappa shape index (κ2) is 9.38. The first-order chi connectivity index (χ1) is 13.3. The standard InChI is InChI=1S/C22H22N2O3/c1-25-20-11-6-12-21(26-2)19(20)13-15-27-24-22(17-8-4-3-5-9-17)18-10-7-14-23-16-18/h3-12,14,16H,13,15H2,1-2H3. The summed E-state index contributed by atoms with van der Waals surface area (Å²) >= 11 is 0. The van der Waals surface area contributed by atoms with Gasteiger partial charge in [0.05, 0.1) is 14.2 Å². The van der Waals surface area contributed by atoms with Crippen LogP contribution in [0, 0.1) is 0 Å². The lowest BCUT2D eigenvalue weighted by molar-refractivity contribution is 0.147. The molecule has 1 aromatic heterocycles. The molecule has 3 rings (SSSR count). The van der Waals surface area contributed by atoms with Crippen molar-refractivity contribution in [3.63, 3.8) is 0 Å². The molecule has 0 N–H and O–H groups in total. The van der Waals surface area contributed by atoms with Gasteiger partial charge in [-0.1, -0.05) is 41.6 Å². The van der Waals surface area contributed by atoms with Crippen molar-refractivity contribution >= 4 is 5.71 Å². The second-order valence-electron chi connectivity index (χ2n) is 5.77. The molecule has 0 unspecified atom stereocenters. The summed E-state index contributed by atoms with van der Waals surface area (Å²) < 4.78 is 10.8. The van der Waals surface area contributed by atoms with E-state index in [1.165, 1.54) is 0 Å². The molecule has 5 heteroatoms. The van der Waals surface area contributed by atoms with E-state index >= 15 is 0 Å². The molecular formula is C22H22N2O3. The molecule has 0 amide bonds. The van der Waals surface area contributed by atoms with Gasteiger partial charge in [0, 0.05) is 35.5 Å². The van der Waals surface area contributed by atoms with Crippen LogP contribution in [0.3, 0.4) is 0 Å². The first-order valence-corrected chi connectivity index (χ1v) is 8.69. The molecule has 1 heterocycles. The second-order valence-corrected chi connectivity index (χ2v) is 5.77. The summed E-state index contributed by atoms with van der Waals surface area (Å²) in [6.07, 6.45) is 4.13. The van der Waals surface area contributed by atoms with Gasteiger partial charge in [0.1, 0.15) is 23.8 Å². The molecule has 0 bridgehead atoms. The number of benzene rings is 2. The molecule has 0 fully saturated rings. The fraction of sp³-hybridized carbons (Fsp3) is 0.182. The van der Waals surface area contributed by atoms with Crippen LogP contribution in [-0.2, 0) is 11.3 Å². The minimum absolute atomic E-state index is 0.396. The van der Waals surface area contributed by atoms with E-state index in [0.717, 1.165) is 33.9 Å². The highest BCUT2D eigenvalue weighted by molar-refractivity contribution is 6.12. The fourth-order valence-electron chi connectivity index (χ4n) is 2.80. The summed E-state index contributed by atoms with van der Waals surface area (Å²) in [5, 5.41) is 4.39. The average molecular weight is 362 g/mol. The first kappa shape index (κ1) is 18.5. The number of methoxy groups -OCH3 is 2. The number of nitrogens with zero attached hydrogens (tertiary/aromatic N) is 2. The van der Waals surface area contributed by atoms with E-state index in [1.54, 1.807) is 26.6 Å². The maximum atomic E-state index is 5.66. The highest BCUT2D eigenvalue weighted by Crippen LogP contribution is 2.28. The lowest BCUT2D eigenvalue weighted by atomic mass is 10.0. The lowest BCUT2D eigenvalue weighted by Crippen LogP contribution is -2.06. The van der Waals surface area contributed by atoms with E-state index in [2.05, 4.69) is 10.1 Å². The van der Waals surface area contributed by atoms with Gasteiger partial charge >= 0.3 is 0 Å². The van der Waals surface area contributed by atoms with Crippen molar-refractivity contribution in [1.82, 2.24) is 4.98 Å². The maximum absolute atomic E-state index is 5.66. The molecule has 0 aliphatic rings. The zero-order valence-electron chi connectivity index (χ0n) is 15.5. The molecule has 27 heavy (non-hydrogen) atoms. The minimum Gasteiger partial charge on any atom is -0.496 e. The van der Waals surface area contributed by atoms with E-state index in [1.807, 2.05) is 60.7 Å². The predicted molar refractivity (Wildman–Crippen MR) is 106 cm³/mol. The fourth-order valence-corrected chi connectivity index (χ4v) is 2.80. The smallest absolute Gasteiger partial charge is 0.125 e. The Kier molecular flexibility index (Phi) is 6.41. The Bertz CT molecular complexity index is 817. The van der Waals surface area contributed by atoms with Gasteiger partial charge in [-0.15, -0.1) is 0 Å². The lowest BCUT2D eigenvalue weighted by Gasteiger charge is -2.12. The number of ether oxygens (including phenoxy) is 2. The Hall–Kier alpha value is -3.34. The van der Waals surface area contributed by atoms with Gasteiger partial charge in [-0.25, -0.2) is 0 Å². The van der Waals surface area contributed by atoms with Crippen molar-refractivity contribution in [2.75, 3.05) is 20.8 Å². The predicted octanol–water partition coefficient (Wildman–Crippen LogP) is 4.11. The summed E-state index contributed by atoms with van der Waals surface area (Å²) in [4.78, 5) is 9.84. The van der Waals surface area contributed by atoms with Crippen molar-refractivity contribution in [2.24, 2.45) is 5.16 Å². The van der Waals surface area contributed by atoms with Crippen LogP contribution in [0.4, 0.5) is 0 Å². The summed E-state index contributed by atoms with van der Waals surface area (Å²) in [5.41, 5.74) is 3.58. The van der Waals surface area contributed by atoms with E-state index in [0.29, 0.717) is 13.0 Å². The molecule has 0 spiro atoms. The van der Waals surface area contributed by atoms with Crippen LogP contribution in [0.1, 0.15) is 16.7 Å². The number of hydrogen-bond acceptors (Lipinski definition) is 5. The van der Waals surface area contributed by atoms with Crippen molar-refractivity contribution in [3.05, 3.63) is 89.7 Å². The minimum atomic E-state index is 0.396. The third-order valence-electron chi connectivity index (χ3n) is 4.11. The molecule has 2 aromatic carbocycles. The van der Waals surface area contributed by atoms with E-state index < -0.39 is 0 Å². The van der Waals surface area contributed by atoms with Crippen LogP contribution < -0.4 is 9.47 Å². The summed E-state index contributed by atoms with van der Waals surface area (Å²) in [5.74, 6) is 1.55. The van der Waals surface area contributed by atoms with Crippen LogP contribution in [-0.4, -0.2) is 31.5 Å². The zero-order chi connectivity index (χ0) is 18.9. The molecule has 0 saturated carbocycles. The molecule has 0 radical (unpaired) electrons. The van der Waals surface area contributed by atoms with Gasteiger partial charge in [-0.05, 0) is 24.3 Å². The summed E-state index contributed by atoms with van der Waals surface area (Å²) in [7, 11) is 3.29. The van der Waals surface area contributed by atoms with E-state index in [4.69, 9.17) is 14.3 Å². The Morgan fingerprint density at radius 1 is 0.852 bits per heavy atom. The van der Waals surface area contributed by atoms with E-state index in [-0.39, 0.29) is 0 Å². The summed E-state index contributed by atoms with van der Waals surface area (Å²) in [6.45, 7) is 0.396. The number of pyridine rings is 1. The average Bonchev–Trinajstić information content (AvgIpc) is 2.74. The van der Waals surface area contributed by atoms with Crippen LogP contribution in [0.15, 0.2) is 78.2 Å². The molecule has 0 aliphatic heterocycles. The Morgan fingerprint density at radius 3 is 2.19 bits per heavy atom. The SMILES string of the molecule is COc1cccc(OC)c1CCON=C(c1ccccc1)c1cccnc1. The molecule has 138 valence electrons. The Labute approximate surface area is 159 Å². The Balaban J connectivity index is 1.77. The van der Waals surface area contributed by atoms with Gasteiger partial charge in [-0.2, -0.15) is 0 Å². The van der Waals surface area contributed by atoms with Gasteiger partial charge in [-0.3, -0.25) is 4.98 Å². The molecule has 3 aromatic rings. The van der Waals surface area contributed by atoms with Crippen LogP contribution in [0.2, 0.25) is 0 Å². The highest BCUT2D eigenvalue weighted by atomic mass is 16.6. The molecular weight excluding hydrogens is 340 g/mol. The van der Waals surface area contributed by atoms with Gasteiger partial charge in [0.15, 0.2) is 0 Å². The summed E-state index contributed by atoms with van der Waals surface area (Å²) in [6, 6.07) is 19.5. The normalized spacial score (nSPS) is 11.1. The van der Waals surface area contributed by atoms with Crippen molar-refractivity contribution in [1.29, 1.82) is 0 Å². The van der Waals surface area contributed by atoms with E-state index in [9.17, 15) is 0 Å². The zero-order valence-corrected chi connectivity index (χ0v) is 15.5. The number of hydrogen-bond donors (Lipinski definition) is 0. The Morgan fingerprint density at radius 2 is 1.56 bits per heavy atom. The third-order valence-corrected chi connectivity index (χ3v) is 4.11. The van der Waals surface area contributed by atoms with Crippen molar-refractivity contribution in [2.45, 2.75) is 6.42 Å². The monoisotopic (exact) mass is 362 g/mol. The van der Waals surface area contributed by atoms with Crippen LogP contribution >= 0.6 is 0 Å². The van der Waals surface area contributed by atoms with Crippen LogP contribution in [0.25, 0.3) is 0 Å². The maximum Gasteiger partial charge on any atom is 0.125 e. The van der Waals surface area contributed by atoms with Gasteiger partial charge in [0.2, 0.25) is 0 Å². The number of aromatic nitrogens is 1. The molecule has 0 aliphatic carbocycles. The number of rotatable bonds is 8. The van der Waals surface area contributed by atoms with Crippen molar-refractivity contribution < 1.29 is 14.3 Å². The topological polar surface area (TPSA) is 52.9 Å². The molecule has 0 atom stereocenters. The third kappa shape index (κ3) is 4.64. The van der Waals surface area contributed by atoms with Crippen molar-refractivity contribution in [3.8, 4) is 11.5 Å². The number of oxime groups is 1. The van der Waals surface area contributed by atoms with Gasteiger partial charge in [0.25, 0.3) is 0 Å². The molecule has 5 nitrogen and oxygen atoms in total. The quantitative estimate of drug-likeness (QED) is 0.344.